The summed E-state index contributed by atoms with van der Waals surface area (Å²) in [6.07, 6.45) is 10.5. The van der Waals surface area contributed by atoms with Crippen molar-refractivity contribution in [2.24, 2.45) is 10.9 Å². The number of amides is 1. The van der Waals surface area contributed by atoms with E-state index in [1.54, 1.807) is 6.20 Å². The normalized spacial score (nSPS) is 17.9. The summed E-state index contributed by atoms with van der Waals surface area (Å²) in [5.74, 6) is 0.292. The molecule has 1 aliphatic carbocycles. The number of pyridine rings is 1. The van der Waals surface area contributed by atoms with Gasteiger partial charge in [-0.25, -0.2) is 4.99 Å². The molecule has 1 aliphatic heterocycles. The number of nitrogens with zero attached hydrogens (tertiary/aromatic N) is 2. The Morgan fingerprint density at radius 3 is 2.64 bits per heavy atom. The van der Waals surface area contributed by atoms with Gasteiger partial charge in [-0.3, -0.25) is 14.6 Å². The third-order valence-corrected chi connectivity index (χ3v) is 5.82. The van der Waals surface area contributed by atoms with Gasteiger partial charge in [0.2, 0.25) is 11.8 Å². The molecule has 1 amide bonds. The molecule has 7 nitrogen and oxygen atoms in total. The first-order valence-corrected chi connectivity index (χ1v) is 11.5. The highest BCUT2D eigenvalue weighted by Gasteiger charge is 2.28. The van der Waals surface area contributed by atoms with Gasteiger partial charge in [-0.05, 0) is 67.4 Å². The lowest BCUT2D eigenvalue weighted by atomic mass is 9.96. The van der Waals surface area contributed by atoms with E-state index in [9.17, 15) is 9.59 Å². The first-order chi connectivity index (χ1) is 16.1. The average molecular weight is 448 g/mol. The SMILES string of the molecule is O=C(O)CCCCC=C(c1ccc(C2=NC(C(=O)NCC3CC3)CO2)cc1)c1cccnc1. The fraction of sp³-hybridized carbons (Fsp3) is 0.385. The third-order valence-electron chi connectivity index (χ3n) is 5.82. The van der Waals surface area contributed by atoms with Gasteiger partial charge in [0.05, 0.1) is 0 Å². The van der Waals surface area contributed by atoms with Crippen molar-refractivity contribution < 1.29 is 19.4 Å². The molecule has 33 heavy (non-hydrogen) atoms. The Morgan fingerprint density at radius 2 is 1.94 bits per heavy atom. The van der Waals surface area contributed by atoms with Crippen LogP contribution in [0.5, 0.6) is 0 Å². The number of benzene rings is 1. The maximum absolute atomic E-state index is 12.3. The lowest BCUT2D eigenvalue weighted by Gasteiger charge is -2.10. The lowest BCUT2D eigenvalue weighted by molar-refractivity contribution is -0.137. The zero-order valence-electron chi connectivity index (χ0n) is 18.6. The molecule has 1 fully saturated rings. The number of carbonyl (C=O) groups excluding carboxylic acids is 1. The fourth-order valence-electron chi connectivity index (χ4n) is 3.73. The minimum Gasteiger partial charge on any atom is -0.481 e. The summed E-state index contributed by atoms with van der Waals surface area (Å²) < 4.78 is 5.71. The highest BCUT2D eigenvalue weighted by Crippen LogP contribution is 2.28. The summed E-state index contributed by atoms with van der Waals surface area (Å²) in [7, 11) is 0. The van der Waals surface area contributed by atoms with E-state index in [1.165, 1.54) is 12.8 Å². The third kappa shape index (κ3) is 6.51. The molecule has 172 valence electrons. The molecule has 0 spiro atoms. The van der Waals surface area contributed by atoms with E-state index in [2.05, 4.69) is 21.4 Å². The zero-order valence-corrected chi connectivity index (χ0v) is 18.6. The number of aliphatic carboxylic acids is 1. The zero-order chi connectivity index (χ0) is 23.0. The number of nitrogens with one attached hydrogen (secondary N) is 1. The van der Waals surface area contributed by atoms with Crippen LogP contribution in [0.2, 0.25) is 0 Å². The minimum atomic E-state index is -0.762. The number of rotatable bonds is 11. The second-order valence-electron chi connectivity index (χ2n) is 8.53. The van der Waals surface area contributed by atoms with Crippen molar-refractivity contribution >= 4 is 23.3 Å². The minimum absolute atomic E-state index is 0.0711. The van der Waals surface area contributed by atoms with E-state index in [1.807, 2.05) is 42.6 Å². The standard InChI is InChI=1S/C26H29N3O4/c30-24(31)7-3-1-2-6-22(21-5-4-14-27-16-21)19-10-12-20(13-11-19)26-29-23(17-33-26)25(32)28-15-18-8-9-18/h4-6,10-14,16,18,23H,1-3,7-9,15,17H2,(H,28,32)(H,30,31). The van der Waals surface area contributed by atoms with Gasteiger partial charge in [-0.2, -0.15) is 0 Å². The van der Waals surface area contributed by atoms with Gasteiger partial charge in [-0.1, -0.05) is 24.3 Å². The van der Waals surface area contributed by atoms with Crippen LogP contribution in [-0.2, 0) is 14.3 Å². The number of aliphatic imine (C=N–C) groups is 1. The molecule has 4 rings (SSSR count). The quantitative estimate of drug-likeness (QED) is 0.510. The molecule has 2 N–H and O–H groups in total. The van der Waals surface area contributed by atoms with Gasteiger partial charge < -0.3 is 15.2 Å². The number of hydrogen-bond donors (Lipinski definition) is 2. The number of ether oxygens (including phenoxy) is 1. The summed E-state index contributed by atoms with van der Waals surface area (Å²) in [5, 5.41) is 11.8. The Kier molecular flexibility index (Phi) is 7.50. The van der Waals surface area contributed by atoms with Gasteiger partial charge >= 0.3 is 5.97 Å². The summed E-state index contributed by atoms with van der Waals surface area (Å²) in [6.45, 7) is 0.999. The fourth-order valence-corrected chi connectivity index (χ4v) is 3.73. The molecule has 1 aromatic heterocycles. The van der Waals surface area contributed by atoms with Crippen LogP contribution in [0.25, 0.3) is 5.57 Å². The number of hydrogen-bond acceptors (Lipinski definition) is 5. The van der Waals surface area contributed by atoms with Crippen LogP contribution < -0.4 is 5.32 Å². The Bertz CT molecular complexity index is 1030. The Hall–Kier alpha value is -3.48. The van der Waals surface area contributed by atoms with E-state index < -0.39 is 12.0 Å². The maximum Gasteiger partial charge on any atom is 0.303 e. The number of carboxylic acid groups (broad SMARTS) is 1. The average Bonchev–Trinajstić information content (AvgIpc) is 3.54. The second-order valence-corrected chi connectivity index (χ2v) is 8.53. The van der Waals surface area contributed by atoms with Crippen LogP contribution in [0.4, 0.5) is 0 Å². The van der Waals surface area contributed by atoms with Crippen molar-refractivity contribution in [3.8, 4) is 0 Å². The predicted octanol–water partition coefficient (Wildman–Crippen LogP) is 3.83. The van der Waals surface area contributed by atoms with Crippen molar-refractivity contribution in [2.45, 2.75) is 44.6 Å². The van der Waals surface area contributed by atoms with Crippen molar-refractivity contribution in [1.82, 2.24) is 10.3 Å². The van der Waals surface area contributed by atoms with Gasteiger partial charge in [0.15, 0.2) is 6.04 Å². The molecule has 1 atom stereocenters. The molecule has 0 bridgehead atoms. The van der Waals surface area contributed by atoms with Gasteiger partial charge in [0.1, 0.15) is 6.61 Å². The predicted molar refractivity (Wildman–Crippen MR) is 126 cm³/mol. The van der Waals surface area contributed by atoms with Gasteiger partial charge in [0, 0.05) is 36.5 Å². The Labute approximate surface area is 193 Å². The van der Waals surface area contributed by atoms with Crippen molar-refractivity contribution in [2.75, 3.05) is 13.2 Å². The largest absolute Gasteiger partial charge is 0.481 e. The highest BCUT2D eigenvalue weighted by molar-refractivity contribution is 5.98. The number of carboxylic acids is 1. The number of aromatic nitrogens is 1. The molecule has 1 unspecified atom stereocenters. The van der Waals surface area contributed by atoms with E-state index in [0.29, 0.717) is 18.2 Å². The van der Waals surface area contributed by atoms with Crippen molar-refractivity contribution in [1.29, 1.82) is 0 Å². The first-order valence-electron chi connectivity index (χ1n) is 11.5. The molecule has 2 aliphatic rings. The Morgan fingerprint density at radius 1 is 1.12 bits per heavy atom. The van der Waals surface area contributed by atoms with Gasteiger partial charge in [0.25, 0.3) is 0 Å². The van der Waals surface area contributed by atoms with Crippen molar-refractivity contribution in [3.63, 3.8) is 0 Å². The van der Waals surface area contributed by atoms with Crippen LogP contribution in [0, 0.1) is 5.92 Å². The van der Waals surface area contributed by atoms with Crippen LogP contribution in [0.1, 0.15) is 55.2 Å². The summed E-state index contributed by atoms with van der Waals surface area (Å²) >= 11 is 0. The summed E-state index contributed by atoms with van der Waals surface area (Å²) in [4.78, 5) is 31.8. The first kappa shape index (κ1) is 22.7. The summed E-state index contributed by atoms with van der Waals surface area (Å²) in [5.41, 5.74) is 3.92. The second kappa shape index (κ2) is 10.9. The molecular weight excluding hydrogens is 418 g/mol. The van der Waals surface area contributed by atoms with E-state index >= 15 is 0 Å². The maximum atomic E-state index is 12.3. The molecule has 1 aromatic carbocycles. The smallest absolute Gasteiger partial charge is 0.303 e. The van der Waals surface area contributed by atoms with E-state index in [0.717, 1.165) is 41.6 Å². The van der Waals surface area contributed by atoms with E-state index in [4.69, 9.17) is 9.84 Å². The molecule has 7 heteroatoms. The molecule has 2 aromatic rings. The molecule has 2 heterocycles. The highest BCUT2D eigenvalue weighted by atomic mass is 16.5. The number of allylic oxidation sites excluding steroid dienone is 1. The number of carbonyl (C=O) groups is 2. The van der Waals surface area contributed by atoms with Crippen molar-refractivity contribution in [3.05, 3.63) is 71.6 Å². The topological polar surface area (TPSA) is 101 Å². The van der Waals surface area contributed by atoms with Crippen LogP contribution in [0.15, 0.2) is 59.9 Å². The molecule has 1 saturated carbocycles. The summed E-state index contributed by atoms with van der Waals surface area (Å²) in [6, 6.07) is 11.3. The number of unbranched alkanes of at least 4 members (excludes halogenated alkanes) is 2. The van der Waals surface area contributed by atoms with Crippen LogP contribution >= 0.6 is 0 Å². The van der Waals surface area contributed by atoms with Crippen LogP contribution in [-0.4, -0.2) is 47.1 Å². The van der Waals surface area contributed by atoms with Crippen LogP contribution in [0.3, 0.4) is 0 Å². The van der Waals surface area contributed by atoms with Gasteiger partial charge in [-0.15, -0.1) is 0 Å². The molecule has 0 radical (unpaired) electrons. The molecular formula is C26H29N3O4. The Balaban J connectivity index is 1.44. The lowest BCUT2D eigenvalue weighted by Crippen LogP contribution is -2.35. The monoisotopic (exact) mass is 447 g/mol. The molecule has 0 saturated heterocycles. The van der Waals surface area contributed by atoms with E-state index in [-0.39, 0.29) is 18.9 Å².